The fourth-order valence-electron chi connectivity index (χ4n) is 3.82. The Hall–Kier alpha value is -3.67. The van der Waals surface area contributed by atoms with Gasteiger partial charge in [0.25, 0.3) is 5.56 Å². The molecule has 0 aliphatic carbocycles. The molecule has 0 saturated heterocycles. The van der Waals surface area contributed by atoms with Crippen LogP contribution in [0.2, 0.25) is 0 Å². The maximum absolute atomic E-state index is 12.8. The third kappa shape index (κ3) is 6.97. The van der Waals surface area contributed by atoms with Gasteiger partial charge in [-0.05, 0) is 40.6 Å². The van der Waals surface area contributed by atoms with Crippen LogP contribution in [0.5, 0.6) is 0 Å². The van der Waals surface area contributed by atoms with Gasteiger partial charge in [0.1, 0.15) is 4.83 Å². The van der Waals surface area contributed by atoms with Crippen molar-refractivity contribution in [3.8, 4) is 0 Å². The van der Waals surface area contributed by atoms with Crippen LogP contribution in [0.15, 0.2) is 58.7 Å². The van der Waals surface area contributed by atoms with Gasteiger partial charge < -0.3 is 14.8 Å². The summed E-state index contributed by atoms with van der Waals surface area (Å²) < 4.78 is 28.8. The Morgan fingerprint density at radius 3 is 2.49 bits per heavy atom. The SMILES string of the molecule is CS(=O)(=O)Cc1cccc(CCC(=O)c2nc3scc(COCc4ccc(C(=O)O)cc4)c3c(=O)[nH]2)c1. The molecule has 4 rings (SSSR count). The van der Waals surface area contributed by atoms with Crippen molar-refractivity contribution in [2.75, 3.05) is 6.26 Å². The number of hydrogen-bond donors (Lipinski definition) is 2. The molecule has 2 N–H and O–H groups in total. The van der Waals surface area contributed by atoms with Gasteiger partial charge in [0, 0.05) is 18.2 Å². The third-order valence-electron chi connectivity index (χ3n) is 5.57. The van der Waals surface area contributed by atoms with E-state index < -0.39 is 21.4 Å². The van der Waals surface area contributed by atoms with E-state index in [1.807, 2.05) is 6.07 Å². The normalized spacial score (nSPS) is 11.6. The molecule has 0 bridgehead atoms. The van der Waals surface area contributed by atoms with Crippen molar-refractivity contribution in [1.29, 1.82) is 0 Å². The first-order valence-electron chi connectivity index (χ1n) is 11.3. The summed E-state index contributed by atoms with van der Waals surface area (Å²) in [5.41, 5.74) is 2.70. The number of nitrogens with zero attached hydrogens (tertiary/aromatic N) is 1. The average Bonchev–Trinajstić information content (AvgIpc) is 3.25. The summed E-state index contributed by atoms with van der Waals surface area (Å²) in [7, 11) is -3.16. The molecule has 11 heteroatoms. The minimum absolute atomic E-state index is 0.0161. The van der Waals surface area contributed by atoms with Crippen LogP contribution in [0.4, 0.5) is 0 Å². The number of sulfone groups is 1. The van der Waals surface area contributed by atoms with Crippen molar-refractivity contribution in [3.63, 3.8) is 0 Å². The van der Waals surface area contributed by atoms with E-state index in [-0.39, 0.29) is 42.6 Å². The standard InChI is InChI=1S/C26H24N2O7S2/c1-37(33,34)15-18-4-2-3-16(11-18)7-10-21(29)23-27-24(30)22-20(14-36-25(22)28-23)13-35-12-17-5-8-19(9-6-17)26(31)32/h2-6,8-9,11,14H,7,10,12-13,15H2,1H3,(H,31,32)(H,27,28,30). The minimum Gasteiger partial charge on any atom is -0.478 e. The molecule has 0 amide bonds. The number of ether oxygens (including phenoxy) is 1. The number of H-pyrrole nitrogens is 1. The molecule has 0 radical (unpaired) electrons. The number of fused-ring (bicyclic) bond motifs is 1. The maximum Gasteiger partial charge on any atom is 0.335 e. The lowest BCUT2D eigenvalue weighted by Crippen LogP contribution is -2.16. The Labute approximate surface area is 216 Å². The van der Waals surface area contributed by atoms with Gasteiger partial charge in [0.2, 0.25) is 0 Å². The van der Waals surface area contributed by atoms with E-state index in [0.29, 0.717) is 27.8 Å². The highest BCUT2D eigenvalue weighted by molar-refractivity contribution is 7.89. The largest absolute Gasteiger partial charge is 0.478 e. The number of aromatic amines is 1. The number of ketones is 1. The molecular formula is C26H24N2O7S2. The van der Waals surface area contributed by atoms with Gasteiger partial charge in [-0.1, -0.05) is 36.4 Å². The molecule has 0 aliphatic heterocycles. The summed E-state index contributed by atoms with van der Waals surface area (Å²) in [6.45, 7) is 0.396. The van der Waals surface area contributed by atoms with Gasteiger partial charge >= 0.3 is 5.97 Å². The van der Waals surface area contributed by atoms with Crippen LogP contribution in [0.25, 0.3) is 10.2 Å². The number of rotatable bonds is 11. The zero-order valence-electron chi connectivity index (χ0n) is 19.9. The number of carbonyl (C=O) groups is 2. The molecule has 2 aromatic carbocycles. The van der Waals surface area contributed by atoms with Crippen molar-refractivity contribution in [2.24, 2.45) is 0 Å². The molecule has 2 heterocycles. The Bertz CT molecular complexity index is 1620. The number of carboxylic acid groups (broad SMARTS) is 1. The second-order valence-corrected chi connectivity index (χ2v) is 11.7. The molecule has 0 spiro atoms. The number of benzene rings is 2. The van der Waals surface area contributed by atoms with Gasteiger partial charge in [-0.2, -0.15) is 0 Å². The van der Waals surface area contributed by atoms with E-state index in [4.69, 9.17) is 9.84 Å². The Kier molecular flexibility index (Phi) is 7.96. The molecule has 0 saturated carbocycles. The first-order valence-corrected chi connectivity index (χ1v) is 14.2. The Balaban J connectivity index is 1.39. The highest BCUT2D eigenvalue weighted by Crippen LogP contribution is 2.23. The molecule has 0 fully saturated rings. The van der Waals surface area contributed by atoms with Gasteiger partial charge in [-0.25, -0.2) is 18.2 Å². The van der Waals surface area contributed by atoms with Crippen LogP contribution < -0.4 is 5.56 Å². The fraction of sp³-hybridized carbons (Fsp3) is 0.231. The van der Waals surface area contributed by atoms with E-state index in [1.165, 1.54) is 29.7 Å². The quantitative estimate of drug-likeness (QED) is 0.274. The monoisotopic (exact) mass is 540 g/mol. The zero-order valence-corrected chi connectivity index (χ0v) is 21.5. The lowest BCUT2D eigenvalue weighted by atomic mass is 10.1. The molecule has 2 aromatic heterocycles. The third-order valence-corrected chi connectivity index (χ3v) is 7.35. The number of aromatic carboxylic acids is 1. The number of aryl methyl sites for hydroxylation is 1. The van der Waals surface area contributed by atoms with E-state index >= 15 is 0 Å². The van der Waals surface area contributed by atoms with Gasteiger partial charge in [-0.3, -0.25) is 9.59 Å². The summed E-state index contributed by atoms with van der Waals surface area (Å²) >= 11 is 1.25. The van der Waals surface area contributed by atoms with Crippen molar-refractivity contribution in [2.45, 2.75) is 31.8 Å². The molecule has 37 heavy (non-hydrogen) atoms. The molecule has 0 atom stereocenters. The predicted molar refractivity (Wildman–Crippen MR) is 140 cm³/mol. The van der Waals surface area contributed by atoms with Crippen molar-refractivity contribution < 1.29 is 27.9 Å². The van der Waals surface area contributed by atoms with Crippen LogP contribution in [-0.4, -0.2) is 41.5 Å². The van der Waals surface area contributed by atoms with E-state index in [9.17, 15) is 22.8 Å². The maximum atomic E-state index is 12.8. The average molecular weight is 541 g/mol. The molecule has 0 aliphatic rings. The first-order chi connectivity index (χ1) is 17.6. The predicted octanol–water partition coefficient (Wildman–Crippen LogP) is 3.76. The van der Waals surface area contributed by atoms with Crippen LogP contribution >= 0.6 is 11.3 Å². The van der Waals surface area contributed by atoms with E-state index in [1.54, 1.807) is 35.7 Å². The Morgan fingerprint density at radius 2 is 1.78 bits per heavy atom. The van der Waals surface area contributed by atoms with Crippen LogP contribution in [0.1, 0.15) is 49.7 Å². The van der Waals surface area contributed by atoms with Crippen LogP contribution in [-0.2, 0) is 40.0 Å². The van der Waals surface area contributed by atoms with Crippen LogP contribution in [0.3, 0.4) is 0 Å². The summed E-state index contributed by atoms with van der Waals surface area (Å²) in [6.07, 6.45) is 1.67. The number of carboxylic acids is 1. The highest BCUT2D eigenvalue weighted by atomic mass is 32.2. The first kappa shape index (κ1) is 26.4. The van der Waals surface area contributed by atoms with Gasteiger partial charge in [-0.15, -0.1) is 11.3 Å². The molecule has 192 valence electrons. The van der Waals surface area contributed by atoms with Gasteiger partial charge in [0.05, 0.1) is 29.9 Å². The van der Waals surface area contributed by atoms with E-state index in [0.717, 1.165) is 11.1 Å². The number of Topliss-reactive ketones (excluding diaryl/α,β-unsaturated/α-hetero) is 1. The highest BCUT2D eigenvalue weighted by Gasteiger charge is 2.16. The lowest BCUT2D eigenvalue weighted by molar-refractivity contribution is 0.0696. The summed E-state index contributed by atoms with van der Waals surface area (Å²) in [5.74, 6) is -1.40. The number of nitrogens with one attached hydrogen (secondary N) is 1. The van der Waals surface area contributed by atoms with Crippen molar-refractivity contribution >= 4 is 43.1 Å². The topological polar surface area (TPSA) is 143 Å². The second kappa shape index (κ2) is 11.2. The molecule has 9 nitrogen and oxygen atoms in total. The molecule has 0 unspecified atom stereocenters. The number of carbonyl (C=O) groups excluding carboxylic acids is 1. The zero-order chi connectivity index (χ0) is 26.6. The second-order valence-electron chi connectivity index (χ2n) is 8.66. The molecular weight excluding hydrogens is 516 g/mol. The smallest absolute Gasteiger partial charge is 0.335 e. The summed E-state index contributed by atoms with van der Waals surface area (Å²) in [5, 5.41) is 11.1. The summed E-state index contributed by atoms with van der Waals surface area (Å²) in [6, 6.07) is 13.4. The van der Waals surface area contributed by atoms with Gasteiger partial charge in [0.15, 0.2) is 21.4 Å². The van der Waals surface area contributed by atoms with Crippen LogP contribution in [0, 0.1) is 0 Å². The summed E-state index contributed by atoms with van der Waals surface area (Å²) in [4.78, 5) is 43.8. The van der Waals surface area contributed by atoms with Crippen molar-refractivity contribution in [1.82, 2.24) is 9.97 Å². The number of thiophene rings is 1. The van der Waals surface area contributed by atoms with E-state index in [2.05, 4.69) is 9.97 Å². The number of aromatic nitrogens is 2. The van der Waals surface area contributed by atoms with Crippen molar-refractivity contribution in [3.05, 3.63) is 97.9 Å². The number of hydrogen-bond acceptors (Lipinski definition) is 8. The lowest BCUT2D eigenvalue weighted by Gasteiger charge is -2.06. The Morgan fingerprint density at radius 1 is 1.05 bits per heavy atom. The minimum atomic E-state index is -3.16. The molecule has 4 aromatic rings. The fourth-order valence-corrected chi connectivity index (χ4v) is 5.53.